The van der Waals surface area contributed by atoms with Crippen molar-refractivity contribution in [1.82, 2.24) is 15.1 Å². The summed E-state index contributed by atoms with van der Waals surface area (Å²) in [5, 5.41) is 3.03. The van der Waals surface area contributed by atoms with Gasteiger partial charge in [0.05, 0.1) is 19.3 Å². The average molecular weight is 325 g/mol. The van der Waals surface area contributed by atoms with Gasteiger partial charge >= 0.3 is 0 Å². The molecular formula is C17H31N3O3. The van der Waals surface area contributed by atoms with Gasteiger partial charge < -0.3 is 15.0 Å². The molecule has 2 heterocycles. The molecule has 132 valence electrons. The van der Waals surface area contributed by atoms with Crippen LogP contribution in [0.5, 0.6) is 0 Å². The molecule has 2 rings (SSSR count). The molecular weight excluding hydrogens is 294 g/mol. The Kier molecular flexibility index (Phi) is 6.03. The van der Waals surface area contributed by atoms with E-state index in [1.165, 1.54) is 0 Å². The first kappa shape index (κ1) is 18.2. The molecule has 0 spiro atoms. The lowest BCUT2D eigenvalue weighted by molar-refractivity contribution is -0.141. The van der Waals surface area contributed by atoms with E-state index >= 15 is 0 Å². The fraction of sp³-hybridized carbons (Fsp3) is 0.882. The number of carbonyl (C=O) groups excluding carboxylic acids is 2. The molecule has 2 aliphatic heterocycles. The maximum absolute atomic E-state index is 12.5. The molecule has 6 heteroatoms. The highest BCUT2D eigenvalue weighted by atomic mass is 16.5. The van der Waals surface area contributed by atoms with Crippen LogP contribution in [0.2, 0.25) is 0 Å². The molecule has 6 nitrogen and oxygen atoms in total. The van der Waals surface area contributed by atoms with Crippen molar-refractivity contribution < 1.29 is 14.3 Å². The van der Waals surface area contributed by atoms with Crippen molar-refractivity contribution in [2.24, 2.45) is 5.92 Å². The lowest BCUT2D eigenvalue weighted by atomic mass is 9.94. The van der Waals surface area contributed by atoms with Gasteiger partial charge in [0, 0.05) is 24.5 Å². The summed E-state index contributed by atoms with van der Waals surface area (Å²) in [4.78, 5) is 28.9. The minimum Gasteiger partial charge on any atom is -0.378 e. The van der Waals surface area contributed by atoms with E-state index in [0.717, 1.165) is 25.9 Å². The molecule has 2 amide bonds. The van der Waals surface area contributed by atoms with Crippen molar-refractivity contribution >= 4 is 11.8 Å². The summed E-state index contributed by atoms with van der Waals surface area (Å²) in [5.41, 5.74) is -0.212. The Morgan fingerprint density at radius 2 is 1.65 bits per heavy atom. The number of hydrogen-bond donors (Lipinski definition) is 1. The number of nitrogens with one attached hydrogen (secondary N) is 1. The second-order valence-corrected chi connectivity index (χ2v) is 7.66. The molecule has 2 fully saturated rings. The number of morpholine rings is 1. The van der Waals surface area contributed by atoms with Crippen LogP contribution in [-0.4, -0.2) is 72.6 Å². The number of likely N-dealkylation sites (tertiary alicyclic amines) is 1. The van der Waals surface area contributed by atoms with Crippen molar-refractivity contribution in [2.45, 2.75) is 52.1 Å². The third-order valence-electron chi connectivity index (χ3n) is 4.63. The SMILES string of the molecule is CC(C(=O)NC(C)(C)C)N1CCC(C(=O)N2CCOCC2)CC1. The number of amides is 2. The number of carbonyl (C=O) groups is 2. The second kappa shape index (κ2) is 7.62. The zero-order valence-electron chi connectivity index (χ0n) is 14.9. The van der Waals surface area contributed by atoms with Crippen molar-refractivity contribution in [1.29, 1.82) is 0 Å². The van der Waals surface area contributed by atoms with E-state index in [-0.39, 0.29) is 29.3 Å². The Morgan fingerprint density at radius 1 is 1.09 bits per heavy atom. The highest BCUT2D eigenvalue weighted by Gasteiger charge is 2.32. The van der Waals surface area contributed by atoms with Gasteiger partial charge in [0.15, 0.2) is 0 Å². The Labute approximate surface area is 139 Å². The molecule has 0 aromatic rings. The van der Waals surface area contributed by atoms with Crippen LogP contribution in [0.15, 0.2) is 0 Å². The topological polar surface area (TPSA) is 61.9 Å². The molecule has 1 atom stereocenters. The smallest absolute Gasteiger partial charge is 0.237 e. The van der Waals surface area contributed by atoms with E-state index in [0.29, 0.717) is 26.3 Å². The average Bonchev–Trinajstić information content (AvgIpc) is 2.53. The Balaban J connectivity index is 1.81. The van der Waals surface area contributed by atoms with Crippen molar-refractivity contribution in [2.75, 3.05) is 39.4 Å². The van der Waals surface area contributed by atoms with Gasteiger partial charge in [-0.05, 0) is 53.6 Å². The van der Waals surface area contributed by atoms with Crippen LogP contribution >= 0.6 is 0 Å². The van der Waals surface area contributed by atoms with Gasteiger partial charge in [0.25, 0.3) is 0 Å². The van der Waals surface area contributed by atoms with Crippen LogP contribution in [0.3, 0.4) is 0 Å². The van der Waals surface area contributed by atoms with E-state index in [4.69, 9.17) is 4.74 Å². The second-order valence-electron chi connectivity index (χ2n) is 7.66. The Hall–Kier alpha value is -1.14. The standard InChI is InChI=1S/C17H31N3O3/c1-13(15(21)18-17(2,3)4)19-7-5-14(6-8-19)16(22)20-9-11-23-12-10-20/h13-14H,5-12H2,1-4H3,(H,18,21). The third-order valence-corrected chi connectivity index (χ3v) is 4.63. The summed E-state index contributed by atoms with van der Waals surface area (Å²) in [7, 11) is 0. The van der Waals surface area contributed by atoms with Crippen molar-refractivity contribution in [3.8, 4) is 0 Å². The van der Waals surface area contributed by atoms with Gasteiger partial charge in [0.1, 0.15) is 0 Å². The molecule has 0 bridgehead atoms. The maximum atomic E-state index is 12.5. The molecule has 2 aliphatic rings. The molecule has 23 heavy (non-hydrogen) atoms. The predicted octanol–water partition coefficient (Wildman–Crippen LogP) is 0.860. The summed E-state index contributed by atoms with van der Waals surface area (Å²) in [6.07, 6.45) is 1.67. The first-order valence-corrected chi connectivity index (χ1v) is 8.70. The lowest BCUT2D eigenvalue weighted by Gasteiger charge is -2.38. The highest BCUT2D eigenvalue weighted by Crippen LogP contribution is 2.22. The monoisotopic (exact) mass is 325 g/mol. The van der Waals surface area contributed by atoms with E-state index in [1.54, 1.807) is 0 Å². The zero-order valence-corrected chi connectivity index (χ0v) is 14.9. The van der Waals surface area contributed by atoms with Gasteiger partial charge in [-0.3, -0.25) is 14.5 Å². The summed E-state index contributed by atoms with van der Waals surface area (Å²) in [6.45, 7) is 12.3. The first-order chi connectivity index (χ1) is 10.8. The van der Waals surface area contributed by atoms with E-state index in [9.17, 15) is 9.59 Å². The normalized spacial score (nSPS) is 22.7. The van der Waals surface area contributed by atoms with Gasteiger partial charge in [-0.1, -0.05) is 0 Å². The van der Waals surface area contributed by atoms with Gasteiger partial charge in [-0.25, -0.2) is 0 Å². The van der Waals surface area contributed by atoms with Crippen LogP contribution < -0.4 is 5.32 Å². The Bertz CT molecular complexity index is 419. The maximum Gasteiger partial charge on any atom is 0.237 e. The quantitative estimate of drug-likeness (QED) is 0.836. The highest BCUT2D eigenvalue weighted by molar-refractivity contribution is 5.82. The number of rotatable bonds is 3. The van der Waals surface area contributed by atoms with Crippen LogP contribution in [0.1, 0.15) is 40.5 Å². The van der Waals surface area contributed by atoms with E-state index in [1.807, 2.05) is 32.6 Å². The minimum atomic E-state index is -0.212. The first-order valence-electron chi connectivity index (χ1n) is 8.70. The molecule has 1 unspecified atom stereocenters. The third kappa shape index (κ3) is 5.18. The van der Waals surface area contributed by atoms with Crippen LogP contribution in [0, 0.1) is 5.92 Å². The van der Waals surface area contributed by atoms with Crippen LogP contribution in [0.25, 0.3) is 0 Å². The summed E-state index contributed by atoms with van der Waals surface area (Å²) in [6, 6.07) is -0.145. The number of hydrogen-bond acceptors (Lipinski definition) is 4. The Morgan fingerprint density at radius 3 is 2.17 bits per heavy atom. The summed E-state index contributed by atoms with van der Waals surface area (Å²) < 4.78 is 5.31. The molecule has 0 saturated carbocycles. The van der Waals surface area contributed by atoms with E-state index < -0.39 is 0 Å². The molecule has 0 radical (unpaired) electrons. The number of ether oxygens (including phenoxy) is 1. The summed E-state index contributed by atoms with van der Waals surface area (Å²) in [5.74, 6) is 0.428. The largest absolute Gasteiger partial charge is 0.378 e. The molecule has 0 aliphatic carbocycles. The fourth-order valence-corrected chi connectivity index (χ4v) is 3.22. The molecule has 2 saturated heterocycles. The van der Waals surface area contributed by atoms with Gasteiger partial charge in [-0.15, -0.1) is 0 Å². The number of piperidine rings is 1. The van der Waals surface area contributed by atoms with E-state index in [2.05, 4.69) is 10.2 Å². The minimum absolute atomic E-state index is 0.0652. The van der Waals surface area contributed by atoms with Crippen LogP contribution in [0.4, 0.5) is 0 Å². The fourth-order valence-electron chi connectivity index (χ4n) is 3.22. The van der Waals surface area contributed by atoms with Crippen LogP contribution in [-0.2, 0) is 14.3 Å². The van der Waals surface area contributed by atoms with Gasteiger partial charge in [-0.2, -0.15) is 0 Å². The molecule has 1 N–H and O–H groups in total. The van der Waals surface area contributed by atoms with Crippen molar-refractivity contribution in [3.05, 3.63) is 0 Å². The molecule has 0 aromatic heterocycles. The van der Waals surface area contributed by atoms with Gasteiger partial charge in [0.2, 0.25) is 11.8 Å². The summed E-state index contributed by atoms with van der Waals surface area (Å²) >= 11 is 0. The molecule has 0 aromatic carbocycles. The lowest BCUT2D eigenvalue weighted by Crippen LogP contribution is -2.53. The number of nitrogens with zero attached hydrogens (tertiary/aromatic N) is 2. The van der Waals surface area contributed by atoms with Crippen molar-refractivity contribution in [3.63, 3.8) is 0 Å². The zero-order chi connectivity index (χ0) is 17.0. The predicted molar refractivity (Wildman–Crippen MR) is 89.1 cm³/mol.